The molecular formula is C18H12ClFN4O. The lowest BCUT2D eigenvalue weighted by Crippen LogP contribution is -2.13. The Hall–Kier alpha value is -2.99. The monoisotopic (exact) mass is 354 g/mol. The maximum atomic E-state index is 13.1. The molecule has 0 spiro atoms. The third-order valence-electron chi connectivity index (χ3n) is 3.84. The van der Waals surface area contributed by atoms with Gasteiger partial charge < -0.3 is 9.55 Å². The van der Waals surface area contributed by atoms with E-state index < -0.39 is 0 Å². The second-order valence-electron chi connectivity index (χ2n) is 5.60. The van der Waals surface area contributed by atoms with Gasteiger partial charge in [-0.2, -0.15) is 0 Å². The number of nitrogens with one attached hydrogen (secondary N) is 1. The zero-order valence-corrected chi connectivity index (χ0v) is 13.7. The average molecular weight is 355 g/mol. The van der Waals surface area contributed by atoms with Crippen molar-refractivity contribution in [1.82, 2.24) is 19.5 Å². The maximum Gasteiger partial charge on any atom is 0.277 e. The highest BCUT2D eigenvalue weighted by molar-refractivity contribution is 6.30. The Balaban J connectivity index is 1.77. The fourth-order valence-electron chi connectivity index (χ4n) is 2.68. The lowest BCUT2D eigenvalue weighted by molar-refractivity contribution is 0.628. The summed E-state index contributed by atoms with van der Waals surface area (Å²) in [7, 11) is 0. The Kier molecular flexibility index (Phi) is 3.82. The van der Waals surface area contributed by atoms with Crippen LogP contribution in [0.15, 0.2) is 59.7 Å². The molecule has 0 radical (unpaired) electrons. The minimum absolute atomic E-state index is 0.302. The molecule has 0 aliphatic heterocycles. The number of halogens is 2. The van der Waals surface area contributed by atoms with Crippen LogP contribution in [-0.4, -0.2) is 19.5 Å². The van der Waals surface area contributed by atoms with Gasteiger partial charge in [-0.1, -0.05) is 23.7 Å². The van der Waals surface area contributed by atoms with Crippen LogP contribution in [0, 0.1) is 5.82 Å². The maximum absolute atomic E-state index is 13.1. The van der Waals surface area contributed by atoms with Gasteiger partial charge in [-0.3, -0.25) is 4.79 Å². The molecule has 5 nitrogen and oxygen atoms in total. The number of aromatic nitrogens is 4. The van der Waals surface area contributed by atoms with Crippen molar-refractivity contribution in [2.75, 3.05) is 0 Å². The summed E-state index contributed by atoms with van der Waals surface area (Å²) in [5, 5.41) is 0.632. The lowest BCUT2D eigenvalue weighted by Gasteiger charge is -2.05. The zero-order chi connectivity index (χ0) is 17.4. The number of imidazole rings is 1. The van der Waals surface area contributed by atoms with Gasteiger partial charge in [0.15, 0.2) is 11.2 Å². The number of aromatic amines is 1. The Morgan fingerprint density at radius 2 is 1.96 bits per heavy atom. The largest absolute Gasteiger partial charge is 0.320 e. The van der Waals surface area contributed by atoms with Crippen molar-refractivity contribution >= 4 is 22.8 Å². The molecular weight excluding hydrogens is 343 g/mol. The van der Waals surface area contributed by atoms with E-state index in [-0.39, 0.29) is 11.4 Å². The summed E-state index contributed by atoms with van der Waals surface area (Å²) in [4.78, 5) is 23.9. The highest BCUT2D eigenvalue weighted by Crippen LogP contribution is 2.17. The van der Waals surface area contributed by atoms with E-state index in [0.29, 0.717) is 34.1 Å². The molecule has 2 aromatic heterocycles. The van der Waals surface area contributed by atoms with Crippen molar-refractivity contribution in [1.29, 1.82) is 0 Å². The first-order valence-electron chi connectivity index (χ1n) is 7.56. The van der Waals surface area contributed by atoms with Crippen molar-refractivity contribution in [3.05, 3.63) is 81.6 Å². The normalized spacial score (nSPS) is 11.1. The molecule has 4 aromatic rings. The van der Waals surface area contributed by atoms with E-state index in [9.17, 15) is 9.18 Å². The van der Waals surface area contributed by atoms with E-state index in [4.69, 9.17) is 11.6 Å². The van der Waals surface area contributed by atoms with E-state index in [0.717, 1.165) is 5.56 Å². The predicted molar refractivity (Wildman–Crippen MR) is 94.1 cm³/mol. The van der Waals surface area contributed by atoms with E-state index >= 15 is 0 Å². The van der Waals surface area contributed by atoms with Crippen molar-refractivity contribution in [3.8, 4) is 11.4 Å². The van der Waals surface area contributed by atoms with Crippen molar-refractivity contribution in [2.24, 2.45) is 0 Å². The summed E-state index contributed by atoms with van der Waals surface area (Å²) in [5.74, 6) is 0.00322. The van der Waals surface area contributed by atoms with E-state index in [2.05, 4.69) is 15.0 Å². The first kappa shape index (κ1) is 15.5. The standard InChI is InChI=1S/C18H12ClFN4O/c19-13-3-1-2-11(8-13)9-24-10-21-17-15(24)18(25)23-16(22-17)12-4-6-14(20)7-5-12/h1-8,10H,9H2,(H,22,23,25). The van der Waals surface area contributed by atoms with Gasteiger partial charge >= 0.3 is 0 Å². The third-order valence-corrected chi connectivity index (χ3v) is 4.08. The van der Waals surface area contributed by atoms with Crippen LogP contribution in [0.25, 0.3) is 22.6 Å². The van der Waals surface area contributed by atoms with E-state index in [1.54, 1.807) is 29.1 Å². The Morgan fingerprint density at radius 1 is 1.16 bits per heavy atom. The molecule has 0 bridgehead atoms. The molecule has 2 aromatic carbocycles. The quantitative estimate of drug-likeness (QED) is 0.611. The minimum atomic E-state index is -0.349. The second kappa shape index (κ2) is 6.14. The highest BCUT2D eigenvalue weighted by Gasteiger charge is 2.12. The lowest BCUT2D eigenvalue weighted by atomic mass is 10.2. The molecule has 0 atom stereocenters. The van der Waals surface area contributed by atoms with Crippen LogP contribution in [0.1, 0.15) is 5.56 Å². The minimum Gasteiger partial charge on any atom is -0.320 e. The van der Waals surface area contributed by atoms with Crippen molar-refractivity contribution in [2.45, 2.75) is 6.54 Å². The zero-order valence-electron chi connectivity index (χ0n) is 12.9. The third kappa shape index (κ3) is 3.04. The summed E-state index contributed by atoms with van der Waals surface area (Å²) in [6.45, 7) is 0.456. The number of nitrogens with zero attached hydrogens (tertiary/aromatic N) is 3. The van der Waals surface area contributed by atoms with Crippen LogP contribution in [0.5, 0.6) is 0 Å². The van der Waals surface area contributed by atoms with Gasteiger partial charge in [0.1, 0.15) is 11.6 Å². The predicted octanol–water partition coefficient (Wildman–Crippen LogP) is 3.63. The Morgan fingerprint density at radius 3 is 2.72 bits per heavy atom. The van der Waals surface area contributed by atoms with Crippen LogP contribution in [-0.2, 0) is 6.54 Å². The SMILES string of the molecule is O=c1[nH]c(-c2ccc(F)cc2)nc2ncn(Cc3cccc(Cl)c3)c12. The molecule has 0 unspecified atom stereocenters. The van der Waals surface area contributed by atoms with Crippen molar-refractivity contribution in [3.63, 3.8) is 0 Å². The number of H-pyrrole nitrogens is 1. The fourth-order valence-corrected chi connectivity index (χ4v) is 2.90. The number of hydrogen-bond acceptors (Lipinski definition) is 3. The molecule has 0 amide bonds. The second-order valence-corrected chi connectivity index (χ2v) is 6.03. The van der Waals surface area contributed by atoms with Crippen molar-refractivity contribution < 1.29 is 4.39 Å². The molecule has 25 heavy (non-hydrogen) atoms. The number of fused-ring (bicyclic) bond motifs is 1. The first-order chi connectivity index (χ1) is 12.1. The summed E-state index contributed by atoms with van der Waals surface area (Å²) >= 11 is 6.00. The fraction of sp³-hybridized carbons (Fsp3) is 0.0556. The average Bonchev–Trinajstić information content (AvgIpc) is 2.99. The number of rotatable bonds is 3. The number of hydrogen-bond donors (Lipinski definition) is 1. The van der Waals surface area contributed by atoms with Gasteiger partial charge in [-0.05, 0) is 42.0 Å². The van der Waals surface area contributed by atoms with Crippen LogP contribution >= 0.6 is 11.6 Å². The van der Waals surface area contributed by atoms with Gasteiger partial charge in [0.2, 0.25) is 0 Å². The molecule has 0 saturated heterocycles. The summed E-state index contributed by atoms with van der Waals surface area (Å²) in [6, 6.07) is 13.2. The smallest absolute Gasteiger partial charge is 0.277 e. The van der Waals surface area contributed by atoms with E-state index in [1.807, 2.05) is 18.2 Å². The summed E-state index contributed by atoms with van der Waals surface area (Å²) < 4.78 is 14.8. The van der Waals surface area contributed by atoms with Gasteiger partial charge in [0.25, 0.3) is 5.56 Å². The van der Waals surface area contributed by atoms with Gasteiger partial charge in [0, 0.05) is 17.1 Å². The highest BCUT2D eigenvalue weighted by atomic mass is 35.5. The molecule has 0 aliphatic rings. The molecule has 7 heteroatoms. The molecule has 1 N–H and O–H groups in total. The molecule has 4 rings (SSSR count). The van der Waals surface area contributed by atoms with E-state index in [1.165, 1.54) is 12.1 Å². The van der Waals surface area contributed by atoms with Crippen LogP contribution in [0.3, 0.4) is 0 Å². The molecule has 0 aliphatic carbocycles. The molecule has 124 valence electrons. The van der Waals surface area contributed by atoms with Gasteiger partial charge in [-0.25, -0.2) is 14.4 Å². The Bertz CT molecular complexity index is 1120. The Labute approximate surface area is 146 Å². The van der Waals surface area contributed by atoms with Gasteiger partial charge in [0.05, 0.1) is 6.33 Å². The molecule has 0 saturated carbocycles. The molecule has 0 fully saturated rings. The number of benzene rings is 2. The van der Waals surface area contributed by atoms with Crippen LogP contribution < -0.4 is 5.56 Å². The van der Waals surface area contributed by atoms with Gasteiger partial charge in [-0.15, -0.1) is 0 Å². The van der Waals surface area contributed by atoms with Crippen LogP contribution in [0.4, 0.5) is 4.39 Å². The summed E-state index contributed by atoms with van der Waals surface area (Å²) in [6.07, 6.45) is 1.57. The topological polar surface area (TPSA) is 63.6 Å². The first-order valence-corrected chi connectivity index (χ1v) is 7.93. The summed E-state index contributed by atoms with van der Waals surface area (Å²) in [5.41, 5.74) is 1.98. The van der Waals surface area contributed by atoms with Crippen LogP contribution in [0.2, 0.25) is 5.02 Å². The molecule has 2 heterocycles.